The zero-order chi connectivity index (χ0) is 9.52. The summed E-state index contributed by atoms with van der Waals surface area (Å²) in [6.45, 7) is 1.92. The first-order chi connectivity index (χ1) is 6.36. The molecule has 1 N–H and O–H groups in total. The maximum atomic E-state index is 5.30. The number of hydrogen-bond donors (Lipinski definition) is 1. The van der Waals surface area contributed by atoms with Crippen LogP contribution in [0, 0.1) is 0 Å². The molecule has 0 bridgehead atoms. The van der Waals surface area contributed by atoms with Crippen LogP contribution in [0.4, 0.5) is 0 Å². The molecule has 1 aliphatic carbocycles. The Morgan fingerprint density at radius 2 is 2.15 bits per heavy atom. The van der Waals surface area contributed by atoms with Crippen LogP contribution in [0.5, 0.6) is 0 Å². The molecule has 0 spiro atoms. The molecule has 0 amide bonds. The molecular weight excluding hydrogens is 166 g/mol. The van der Waals surface area contributed by atoms with Gasteiger partial charge in [0.25, 0.3) is 0 Å². The topological polar surface area (TPSA) is 30.5 Å². The molecule has 0 aliphatic heterocycles. The van der Waals surface area contributed by atoms with Crippen molar-refractivity contribution in [2.45, 2.75) is 37.8 Å². The minimum atomic E-state index is 0.486. The van der Waals surface area contributed by atoms with Crippen LogP contribution in [0.1, 0.15) is 25.7 Å². The largest absolute Gasteiger partial charge is 0.385 e. The van der Waals surface area contributed by atoms with Gasteiger partial charge in [-0.05, 0) is 32.2 Å². The van der Waals surface area contributed by atoms with Crippen molar-refractivity contribution >= 4 is 0 Å². The highest BCUT2D eigenvalue weighted by Gasteiger charge is 2.23. The lowest BCUT2D eigenvalue weighted by Crippen LogP contribution is -2.28. The lowest BCUT2D eigenvalue weighted by Gasteiger charge is -2.12. The average molecular weight is 187 g/mol. The number of methoxy groups -OCH3 is 2. The second kappa shape index (κ2) is 6.35. The van der Waals surface area contributed by atoms with Gasteiger partial charge in [-0.15, -0.1) is 0 Å². The Labute approximate surface area is 80.8 Å². The predicted molar refractivity (Wildman–Crippen MR) is 52.9 cm³/mol. The summed E-state index contributed by atoms with van der Waals surface area (Å²) in [5.41, 5.74) is 0. The molecule has 3 nitrogen and oxygen atoms in total. The quantitative estimate of drug-likeness (QED) is 0.633. The van der Waals surface area contributed by atoms with E-state index in [1.54, 1.807) is 14.2 Å². The number of hydrogen-bond acceptors (Lipinski definition) is 3. The van der Waals surface area contributed by atoms with E-state index >= 15 is 0 Å². The van der Waals surface area contributed by atoms with Crippen LogP contribution >= 0.6 is 0 Å². The van der Waals surface area contributed by atoms with E-state index in [1.807, 2.05) is 0 Å². The Kier molecular flexibility index (Phi) is 5.35. The molecule has 1 fully saturated rings. The van der Waals surface area contributed by atoms with Gasteiger partial charge in [0.1, 0.15) is 0 Å². The standard InChI is InChI=1S/C10H21NO2/c1-12-7-3-6-11-9-4-5-10(8-9)13-2/h9-11H,3-8H2,1-2H3. The molecule has 2 atom stereocenters. The van der Waals surface area contributed by atoms with Crippen LogP contribution in [0.2, 0.25) is 0 Å². The molecule has 1 aliphatic rings. The highest BCUT2D eigenvalue weighted by Crippen LogP contribution is 2.21. The van der Waals surface area contributed by atoms with Crippen LogP contribution < -0.4 is 5.32 Å². The first-order valence-corrected chi connectivity index (χ1v) is 5.12. The molecule has 3 heteroatoms. The Morgan fingerprint density at radius 1 is 1.31 bits per heavy atom. The Bertz CT molecular complexity index is 130. The molecular formula is C10H21NO2. The molecule has 0 radical (unpaired) electrons. The SMILES string of the molecule is COCCCNC1CCC(OC)C1. The highest BCUT2D eigenvalue weighted by atomic mass is 16.5. The molecule has 1 saturated carbocycles. The summed E-state index contributed by atoms with van der Waals surface area (Å²) in [5.74, 6) is 0. The maximum Gasteiger partial charge on any atom is 0.0586 e. The minimum Gasteiger partial charge on any atom is -0.385 e. The maximum absolute atomic E-state index is 5.30. The van der Waals surface area contributed by atoms with Crippen LogP contribution in [0.3, 0.4) is 0 Å². The molecule has 13 heavy (non-hydrogen) atoms. The van der Waals surface area contributed by atoms with Gasteiger partial charge in [0.15, 0.2) is 0 Å². The van der Waals surface area contributed by atoms with Crippen molar-refractivity contribution in [3.63, 3.8) is 0 Å². The lowest BCUT2D eigenvalue weighted by molar-refractivity contribution is 0.107. The molecule has 0 saturated heterocycles. The number of ether oxygens (including phenoxy) is 2. The van der Waals surface area contributed by atoms with Crippen molar-refractivity contribution in [3.05, 3.63) is 0 Å². The van der Waals surface area contributed by atoms with E-state index in [9.17, 15) is 0 Å². The fourth-order valence-corrected chi connectivity index (χ4v) is 1.86. The van der Waals surface area contributed by atoms with E-state index in [2.05, 4.69) is 5.32 Å². The van der Waals surface area contributed by atoms with Crippen molar-refractivity contribution in [1.29, 1.82) is 0 Å². The van der Waals surface area contributed by atoms with Crippen molar-refractivity contribution < 1.29 is 9.47 Å². The van der Waals surface area contributed by atoms with E-state index in [0.717, 1.165) is 19.6 Å². The third-order valence-electron chi connectivity index (χ3n) is 2.68. The van der Waals surface area contributed by atoms with Gasteiger partial charge in [-0.3, -0.25) is 0 Å². The Morgan fingerprint density at radius 3 is 2.77 bits per heavy atom. The van der Waals surface area contributed by atoms with Gasteiger partial charge in [0.2, 0.25) is 0 Å². The van der Waals surface area contributed by atoms with Crippen molar-refractivity contribution in [2.24, 2.45) is 0 Å². The summed E-state index contributed by atoms with van der Waals surface area (Å²) in [7, 11) is 3.55. The number of rotatable bonds is 6. The van der Waals surface area contributed by atoms with Gasteiger partial charge in [-0.25, -0.2) is 0 Å². The summed E-state index contributed by atoms with van der Waals surface area (Å²) >= 11 is 0. The zero-order valence-electron chi connectivity index (χ0n) is 8.71. The van der Waals surface area contributed by atoms with Crippen LogP contribution in [-0.2, 0) is 9.47 Å². The van der Waals surface area contributed by atoms with E-state index in [0.29, 0.717) is 12.1 Å². The summed E-state index contributed by atoms with van der Waals surface area (Å²) < 4.78 is 10.3. The predicted octanol–water partition coefficient (Wildman–Crippen LogP) is 1.18. The highest BCUT2D eigenvalue weighted by molar-refractivity contribution is 4.80. The summed E-state index contributed by atoms with van der Waals surface area (Å²) in [6.07, 6.45) is 5.22. The molecule has 1 rings (SSSR count). The second-order valence-electron chi connectivity index (χ2n) is 3.67. The fraction of sp³-hybridized carbons (Fsp3) is 1.00. The molecule has 78 valence electrons. The molecule has 0 aromatic heterocycles. The molecule has 0 aromatic rings. The van der Waals surface area contributed by atoms with E-state index < -0.39 is 0 Å². The smallest absolute Gasteiger partial charge is 0.0586 e. The van der Waals surface area contributed by atoms with Gasteiger partial charge < -0.3 is 14.8 Å². The van der Waals surface area contributed by atoms with E-state index in [4.69, 9.17) is 9.47 Å². The van der Waals surface area contributed by atoms with Crippen molar-refractivity contribution in [2.75, 3.05) is 27.4 Å². The van der Waals surface area contributed by atoms with Crippen LogP contribution in [0.25, 0.3) is 0 Å². The monoisotopic (exact) mass is 187 g/mol. The van der Waals surface area contributed by atoms with Gasteiger partial charge in [-0.2, -0.15) is 0 Å². The van der Waals surface area contributed by atoms with Crippen LogP contribution in [-0.4, -0.2) is 39.5 Å². The van der Waals surface area contributed by atoms with Gasteiger partial charge in [0, 0.05) is 26.9 Å². The first kappa shape index (κ1) is 11.0. The van der Waals surface area contributed by atoms with Crippen LogP contribution in [0.15, 0.2) is 0 Å². The zero-order valence-corrected chi connectivity index (χ0v) is 8.71. The van der Waals surface area contributed by atoms with Gasteiger partial charge >= 0.3 is 0 Å². The van der Waals surface area contributed by atoms with E-state index in [-0.39, 0.29) is 0 Å². The Balaban J connectivity index is 1.97. The average Bonchev–Trinajstić information content (AvgIpc) is 2.60. The normalized spacial score (nSPS) is 28.2. The summed E-state index contributed by atoms with van der Waals surface area (Å²) in [4.78, 5) is 0. The van der Waals surface area contributed by atoms with Crippen molar-refractivity contribution in [1.82, 2.24) is 5.32 Å². The third kappa shape index (κ3) is 4.07. The van der Waals surface area contributed by atoms with E-state index in [1.165, 1.54) is 19.3 Å². The van der Waals surface area contributed by atoms with Crippen molar-refractivity contribution in [3.8, 4) is 0 Å². The third-order valence-corrected chi connectivity index (χ3v) is 2.68. The summed E-state index contributed by atoms with van der Waals surface area (Å²) in [6, 6.07) is 0.668. The number of nitrogens with one attached hydrogen (secondary N) is 1. The summed E-state index contributed by atoms with van der Waals surface area (Å²) in [5, 5.41) is 3.52. The van der Waals surface area contributed by atoms with Gasteiger partial charge in [-0.1, -0.05) is 0 Å². The fourth-order valence-electron chi connectivity index (χ4n) is 1.86. The first-order valence-electron chi connectivity index (χ1n) is 5.12. The minimum absolute atomic E-state index is 0.486. The molecule has 0 heterocycles. The molecule has 2 unspecified atom stereocenters. The molecule has 0 aromatic carbocycles. The second-order valence-corrected chi connectivity index (χ2v) is 3.67. The lowest BCUT2D eigenvalue weighted by atomic mass is 10.2. The van der Waals surface area contributed by atoms with Gasteiger partial charge in [0.05, 0.1) is 6.10 Å². The Hall–Kier alpha value is -0.120.